The third-order valence-electron chi connectivity index (χ3n) is 4.39. The van der Waals surface area contributed by atoms with Crippen molar-refractivity contribution in [2.24, 2.45) is 5.73 Å². The molecule has 0 saturated heterocycles. The van der Waals surface area contributed by atoms with Crippen molar-refractivity contribution in [3.63, 3.8) is 0 Å². The Morgan fingerprint density at radius 1 is 0.842 bits per heavy atom. The molecule has 3 aromatic carbocycles. The molecular weight excluding hydrogens is 230 g/mol. The van der Waals surface area contributed by atoms with Crippen LogP contribution in [0.1, 0.15) is 17.5 Å². The van der Waals surface area contributed by atoms with Gasteiger partial charge in [-0.2, -0.15) is 0 Å². The molecule has 19 heavy (non-hydrogen) atoms. The summed E-state index contributed by atoms with van der Waals surface area (Å²) in [5.41, 5.74) is 9.12. The highest BCUT2D eigenvalue weighted by Crippen LogP contribution is 2.32. The number of hydrogen-bond acceptors (Lipinski definition) is 1. The minimum Gasteiger partial charge on any atom is -0.327 e. The standard InChI is InChI=1S/C18H17N/c19-14-8-5-13-7-9-16-15-4-2-1-3-12(15)6-10-17(16)18(13)11-14/h1-4,6-7,9-10,14H,5,8,11,19H2/t14-/m0/s1. The van der Waals surface area contributed by atoms with Crippen molar-refractivity contribution in [3.8, 4) is 0 Å². The zero-order chi connectivity index (χ0) is 12.8. The monoisotopic (exact) mass is 247 g/mol. The van der Waals surface area contributed by atoms with Crippen LogP contribution in [0.15, 0.2) is 48.5 Å². The van der Waals surface area contributed by atoms with E-state index in [1.54, 1.807) is 0 Å². The first-order valence-corrected chi connectivity index (χ1v) is 7.01. The molecule has 0 saturated carbocycles. The summed E-state index contributed by atoms with van der Waals surface area (Å²) < 4.78 is 0. The molecule has 1 aliphatic carbocycles. The molecular formula is C18H17N. The minimum absolute atomic E-state index is 0.324. The lowest BCUT2D eigenvalue weighted by Gasteiger charge is -2.23. The van der Waals surface area contributed by atoms with Gasteiger partial charge in [0.25, 0.3) is 0 Å². The number of rotatable bonds is 0. The van der Waals surface area contributed by atoms with E-state index in [2.05, 4.69) is 48.5 Å². The van der Waals surface area contributed by atoms with Crippen LogP contribution >= 0.6 is 0 Å². The number of hydrogen-bond donors (Lipinski definition) is 1. The first-order chi connectivity index (χ1) is 9.33. The second kappa shape index (κ2) is 4.07. The van der Waals surface area contributed by atoms with Crippen molar-refractivity contribution in [1.29, 1.82) is 0 Å². The molecule has 1 aliphatic rings. The molecule has 0 aromatic heterocycles. The van der Waals surface area contributed by atoms with Gasteiger partial charge in [0, 0.05) is 6.04 Å². The summed E-state index contributed by atoms with van der Waals surface area (Å²) >= 11 is 0. The fourth-order valence-corrected chi connectivity index (χ4v) is 3.38. The quantitative estimate of drug-likeness (QED) is 0.601. The Kier molecular flexibility index (Phi) is 2.36. The second-order valence-electron chi connectivity index (χ2n) is 5.59. The lowest BCUT2D eigenvalue weighted by atomic mass is 9.84. The molecule has 0 fully saturated rings. The second-order valence-corrected chi connectivity index (χ2v) is 5.59. The summed E-state index contributed by atoms with van der Waals surface area (Å²) in [6.07, 6.45) is 3.26. The van der Waals surface area contributed by atoms with E-state index in [9.17, 15) is 0 Å². The van der Waals surface area contributed by atoms with Crippen LogP contribution in [0.3, 0.4) is 0 Å². The molecule has 1 heteroatoms. The predicted molar refractivity (Wildman–Crippen MR) is 81.5 cm³/mol. The Balaban J connectivity index is 2.10. The summed E-state index contributed by atoms with van der Waals surface area (Å²) in [7, 11) is 0. The lowest BCUT2D eigenvalue weighted by Crippen LogP contribution is -2.27. The number of fused-ring (bicyclic) bond motifs is 5. The summed E-state index contributed by atoms with van der Waals surface area (Å²) in [6, 6.07) is 18.0. The smallest absolute Gasteiger partial charge is 0.00828 e. The van der Waals surface area contributed by atoms with Crippen molar-refractivity contribution >= 4 is 21.5 Å². The maximum atomic E-state index is 6.15. The van der Waals surface area contributed by atoms with E-state index in [1.165, 1.54) is 32.7 Å². The fraction of sp³-hybridized carbons (Fsp3) is 0.222. The normalized spacial score (nSPS) is 18.7. The van der Waals surface area contributed by atoms with E-state index in [0.717, 1.165) is 19.3 Å². The largest absolute Gasteiger partial charge is 0.327 e. The van der Waals surface area contributed by atoms with E-state index in [-0.39, 0.29) is 0 Å². The van der Waals surface area contributed by atoms with Gasteiger partial charge in [-0.15, -0.1) is 0 Å². The van der Waals surface area contributed by atoms with Crippen molar-refractivity contribution < 1.29 is 0 Å². The lowest BCUT2D eigenvalue weighted by molar-refractivity contribution is 0.579. The highest BCUT2D eigenvalue weighted by Gasteiger charge is 2.18. The first kappa shape index (κ1) is 11.0. The van der Waals surface area contributed by atoms with Crippen LogP contribution in [0.2, 0.25) is 0 Å². The molecule has 0 heterocycles. The van der Waals surface area contributed by atoms with Crippen LogP contribution in [-0.2, 0) is 12.8 Å². The van der Waals surface area contributed by atoms with Crippen LogP contribution < -0.4 is 5.73 Å². The Labute approximate surface area is 113 Å². The molecule has 94 valence electrons. The first-order valence-electron chi connectivity index (χ1n) is 7.01. The minimum atomic E-state index is 0.324. The SMILES string of the molecule is N[C@H]1CCc2ccc3c(ccc4ccccc43)c2C1. The topological polar surface area (TPSA) is 26.0 Å². The molecule has 2 N–H and O–H groups in total. The van der Waals surface area contributed by atoms with E-state index >= 15 is 0 Å². The maximum absolute atomic E-state index is 6.15. The van der Waals surface area contributed by atoms with Crippen LogP contribution in [0.5, 0.6) is 0 Å². The molecule has 0 bridgehead atoms. The van der Waals surface area contributed by atoms with Crippen molar-refractivity contribution in [1.82, 2.24) is 0 Å². The van der Waals surface area contributed by atoms with Crippen LogP contribution in [-0.4, -0.2) is 6.04 Å². The Bertz CT molecular complexity index is 773. The highest BCUT2D eigenvalue weighted by atomic mass is 14.6. The number of benzene rings is 3. The summed E-state index contributed by atoms with van der Waals surface area (Å²) in [4.78, 5) is 0. The number of nitrogens with two attached hydrogens (primary N) is 1. The zero-order valence-corrected chi connectivity index (χ0v) is 10.9. The van der Waals surface area contributed by atoms with Crippen molar-refractivity contribution in [2.45, 2.75) is 25.3 Å². The predicted octanol–water partition coefficient (Wildman–Crippen LogP) is 3.81. The Morgan fingerprint density at radius 3 is 2.63 bits per heavy atom. The Morgan fingerprint density at radius 2 is 1.68 bits per heavy atom. The summed E-state index contributed by atoms with van der Waals surface area (Å²) in [5, 5.41) is 5.43. The van der Waals surface area contributed by atoms with E-state index in [0.29, 0.717) is 6.04 Å². The van der Waals surface area contributed by atoms with Crippen LogP contribution in [0.25, 0.3) is 21.5 Å². The van der Waals surface area contributed by atoms with Gasteiger partial charge in [0.1, 0.15) is 0 Å². The molecule has 1 atom stereocenters. The average molecular weight is 247 g/mol. The van der Waals surface area contributed by atoms with Crippen LogP contribution in [0.4, 0.5) is 0 Å². The zero-order valence-electron chi connectivity index (χ0n) is 10.9. The summed E-state index contributed by atoms with van der Waals surface area (Å²) in [6.45, 7) is 0. The highest BCUT2D eigenvalue weighted by molar-refractivity contribution is 6.08. The molecule has 1 nitrogen and oxygen atoms in total. The van der Waals surface area contributed by atoms with Gasteiger partial charge in [0.05, 0.1) is 0 Å². The van der Waals surface area contributed by atoms with E-state index in [1.807, 2.05) is 0 Å². The van der Waals surface area contributed by atoms with E-state index < -0.39 is 0 Å². The van der Waals surface area contributed by atoms with Crippen molar-refractivity contribution in [3.05, 3.63) is 59.7 Å². The van der Waals surface area contributed by atoms with Gasteiger partial charge < -0.3 is 5.73 Å². The molecule has 0 amide bonds. The van der Waals surface area contributed by atoms with Crippen molar-refractivity contribution in [2.75, 3.05) is 0 Å². The molecule has 0 spiro atoms. The van der Waals surface area contributed by atoms with E-state index in [4.69, 9.17) is 5.73 Å². The molecule has 4 rings (SSSR count). The average Bonchev–Trinajstić information content (AvgIpc) is 2.46. The third kappa shape index (κ3) is 1.66. The van der Waals surface area contributed by atoms with Gasteiger partial charge in [0.2, 0.25) is 0 Å². The fourth-order valence-electron chi connectivity index (χ4n) is 3.38. The molecule has 0 radical (unpaired) electrons. The third-order valence-corrected chi connectivity index (χ3v) is 4.39. The van der Waals surface area contributed by atoms with Gasteiger partial charge in [-0.1, -0.05) is 48.5 Å². The Hall–Kier alpha value is -1.86. The molecule has 3 aromatic rings. The van der Waals surface area contributed by atoms with Gasteiger partial charge in [-0.3, -0.25) is 0 Å². The summed E-state index contributed by atoms with van der Waals surface area (Å²) in [5.74, 6) is 0. The van der Waals surface area contributed by atoms with Gasteiger partial charge >= 0.3 is 0 Å². The van der Waals surface area contributed by atoms with Gasteiger partial charge in [0.15, 0.2) is 0 Å². The van der Waals surface area contributed by atoms with Crippen LogP contribution in [0, 0.1) is 0 Å². The van der Waals surface area contributed by atoms with Gasteiger partial charge in [-0.05, 0) is 51.9 Å². The number of aryl methyl sites for hydroxylation is 1. The molecule has 0 aliphatic heterocycles. The molecule has 0 unspecified atom stereocenters. The van der Waals surface area contributed by atoms with Gasteiger partial charge in [-0.25, -0.2) is 0 Å². The maximum Gasteiger partial charge on any atom is 0.00828 e.